The first-order chi connectivity index (χ1) is 8.15. The first kappa shape index (κ1) is 12.1. The van der Waals surface area contributed by atoms with E-state index in [1.165, 1.54) is 0 Å². The molecule has 1 amide bonds. The molecule has 0 bridgehead atoms. The van der Waals surface area contributed by atoms with Gasteiger partial charge in [-0.2, -0.15) is 0 Å². The number of carbonyl (C=O) groups excluding carboxylic acids is 1. The molecule has 1 aliphatic rings. The number of primary amides is 1. The van der Waals surface area contributed by atoms with Crippen LogP contribution in [0.2, 0.25) is 0 Å². The zero-order valence-electron chi connectivity index (χ0n) is 9.78. The summed E-state index contributed by atoms with van der Waals surface area (Å²) < 4.78 is 0. The fraction of sp³-hybridized carbons (Fsp3) is 0.462. The minimum absolute atomic E-state index is 0.132. The minimum atomic E-state index is -0.401. The quantitative estimate of drug-likeness (QED) is 0.676. The highest BCUT2D eigenvalue weighted by Gasteiger charge is 2.41. The van der Waals surface area contributed by atoms with Crippen LogP contribution in [0.3, 0.4) is 0 Å². The lowest BCUT2D eigenvalue weighted by Gasteiger charge is -2.12. The van der Waals surface area contributed by atoms with Crippen LogP contribution in [0.25, 0.3) is 0 Å². The number of amides is 1. The highest BCUT2D eigenvalue weighted by molar-refractivity contribution is 5.92. The molecule has 0 spiro atoms. The van der Waals surface area contributed by atoms with Gasteiger partial charge in [0.25, 0.3) is 0 Å². The fourth-order valence-electron chi connectivity index (χ4n) is 1.83. The average Bonchev–Trinajstić information content (AvgIpc) is 3.10. The molecular weight excluding hydrogens is 216 g/mol. The Bertz CT molecular complexity index is 396. The molecule has 4 N–H and O–H groups in total. The first-order valence-corrected chi connectivity index (χ1v) is 5.86. The molecule has 0 unspecified atom stereocenters. The van der Waals surface area contributed by atoms with Crippen LogP contribution in [-0.2, 0) is 6.54 Å². The number of carbonyl (C=O) groups is 1. The van der Waals surface area contributed by atoms with Gasteiger partial charge in [0.2, 0.25) is 5.91 Å². The largest absolute Gasteiger partial charge is 0.396 e. The number of hydrogen-bond acceptors (Lipinski definition) is 3. The van der Waals surface area contributed by atoms with Gasteiger partial charge in [-0.05, 0) is 30.5 Å². The Morgan fingerprint density at radius 3 is 2.47 bits per heavy atom. The van der Waals surface area contributed by atoms with Crippen molar-refractivity contribution in [3.05, 3.63) is 35.4 Å². The van der Waals surface area contributed by atoms with Gasteiger partial charge in [0.15, 0.2) is 0 Å². The smallest absolute Gasteiger partial charge is 0.248 e. The molecule has 0 saturated heterocycles. The number of benzene rings is 1. The third-order valence-corrected chi connectivity index (χ3v) is 3.36. The Balaban J connectivity index is 1.81. The van der Waals surface area contributed by atoms with Crippen LogP contribution >= 0.6 is 0 Å². The van der Waals surface area contributed by atoms with E-state index in [4.69, 9.17) is 10.8 Å². The highest BCUT2D eigenvalue weighted by atomic mass is 16.3. The number of aliphatic hydroxyl groups excluding tert-OH is 1. The summed E-state index contributed by atoms with van der Waals surface area (Å²) in [4.78, 5) is 10.9. The van der Waals surface area contributed by atoms with E-state index in [0.29, 0.717) is 5.56 Å². The molecule has 1 aromatic rings. The average molecular weight is 234 g/mol. The van der Waals surface area contributed by atoms with E-state index in [9.17, 15) is 4.79 Å². The van der Waals surface area contributed by atoms with Crippen LogP contribution in [-0.4, -0.2) is 24.2 Å². The van der Waals surface area contributed by atoms with Crippen LogP contribution in [0, 0.1) is 5.41 Å². The molecule has 4 nitrogen and oxygen atoms in total. The summed E-state index contributed by atoms with van der Waals surface area (Å²) in [6, 6.07) is 7.26. The number of nitrogens with one attached hydrogen (secondary N) is 1. The summed E-state index contributed by atoms with van der Waals surface area (Å²) >= 11 is 0. The van der Waals surface area contributed by atoms with Gasteiger partial charge in [-0.25, -0.2) is 0 Å². The van der Waals surface area contributed by atoms with Crippen molar-refractivity contribution in [2.45, 2.75) is 19.4 Å². The van der Waals surface area contributed by atoms with E-state index in [1.807, 2.05) is 12.1 Å². The molecule has 1 fully saturated rings. The third-order valence-electron chi connectivity index (χ3n) is 3.36. The topological polar surface area (TPSA) is 75.4 Å². The van der Waals surface area contributed by atoms with Crippen molar-refractivity contribution < 1.29 is 9.90 Å². The molecular formula is C13H18N2O2. The fourth-order valence-corrected chi connectivity index (χ4v) is 1.83. The molecule has 0 atom stereocenters. The lowest BCUT2D eigenvalue weighted by Crippen LogP contribution is -2.26. The minimum Gasteiger partial charge on any atom is -0.396 e. The zero-order valence-corrected chi connectivity index (χ0v) is 9.78. The summed E-state index contributed by atoms with van der Waals surface area (Å²) in [5.41, 5.74) is 6.94. The van der Waals surface area contributed by atoms with Gasteiger partial charge in [0.05, 0.1) is 0 Å². The van der Waals surface area contributed by atoms with Gasteiger partial charge in [-0.3, -0.25) is 4.79 Å². The summed E-state index contributed by atoms with van der Waals surface area (Å²) in [5.74, 6) is -0.401. The van der Waals surface area contributed by atoms with Gasteiger partial charge in [0, 0.05) is 30.7 Å². The molecule has 1 aliphatic carbocycles. The number of nitrogens with two attached hydrogens (primary N) is 1. The number of aliphatic hydroxyl groups is 1. The Morgan fingerprint density at radius 1 is 1.35 bits per heavy atom. The molecule has 92 valence electrons. The van der Waals surface area contributed by atoms with Crippen molar-refractivity contribution in [2.75, 3.05) is 13.2 Å². The maximum absolute atomic E-state index is 10.9. The van der Waals surface area contributed by atoms with Crippen molar-refractivity contribution in [3.63, 3.8) is 0 Å². The number of hydrogen-bond donors (Lipinski definition) is 3. The maximum atomic E-state index is 10.9. The maximum Gasteiger partial charge on any atom is 0.248 e. The van der Waals surface area contributed by atoms with E-state index >= 15 is 0 Å². The van der Waals surface area contributed by atoms with Crippen LogP contribution in [0.15, 0.2) is 24.3 Å². The van der Waals surface area contributed by atoms with Crippen LogP contribution < -0.4 is 11.1 Å². The van der Waals surface area contributed by atoms with E-state index in [0.717, 1.165) is 31.5 Å². The molecule has 1 aromatic carbocycles. The summed E-state index contributed by atoms with van der Waals surface area (Å²) in [6.07, 6.45) is 2.22. The van der Waals surface area contributed by atoms with Crippen molar-refractivity contribution >= 4 is 5.91 Å². The highest BCUT2D eigenvalue weighted by Crippen LogP contribution is 2.44. The Kier molecular flexibility index (Phi) is 3.45. The lowest BCUT2D eigenvalue weighted by molar-refractivity contribution is 0.100. The second kappa shape index (κ2) is 4.85. The standard InChI is InChI=1S/C13H18N2O2/c14-12(17)11-3-1-10(2-4-11)7-15-8-13(9-16)5-6-13/h1-4,15-16H,5-9H2,(H2,14,17). The number of rotatable bonds is 6. The van der Waals surface area contributed by atoms with E-state index in [2.05, 4.69) is 5.32 Å². The Labute approximate surface area is 101 Å². The second-order valence-electron chi connectivity index (χ2n) is 4.82. The van der Waals surface area contributed by atoms with Gasteiger partial charge >= 0.3 is 0 Å². The van der Waals surface area contributed by atoms with Gasteiger partial charge in [-0.1, -0.05) is 12.1 Å². The third kappa shape index (κ3) is 3.05. The molecule has 4 heteroatoms. The van der Waals surface area contributed by atoms with Crippen molar-refractivity contribution in [1.29, 1.82) is 0 Å². The van der Waals surface area contributed by atoms with Crippen molar-refractivity contribution in [3.8, 4) is 0 Å². The SMILES string of the molecule is NC(=O)c1ccc(CNCC2(CO)CC2)cc1. The monoisotopic (exact) mass is 234 g/mol. The van der Waals surface area contributed by atoms with Gasteiger partial charge in [0.1, 0.15) is 0 Å². The molecule has 1 saturated carbocycles. The predicted octanol–water partition coefficient (Wildman–Crippen LogP) is 0.648. The molecule has 0 aromatic heterocycles. The molecule has 0 radical (unpaired) electrons. The van der Waals surface area contributed by atoms with Crippen molar-refractivity contribution in [2.24, 2.45) is 11.1 Å². The van der Waals surface area contributed by atoms with Crippen LogP contribution in [0.5, 0.6) is 0 Å². The first-order valence-electron chi connectivity index (χ1n) is 5.86. The summed E-state index contributed by atoms with van der Waals surface area (Å²) in [7, 11) is 0. The molecule has 0 aliphatic heterocycles. The summed E-state index contributed by atoms with van der Waals surface area (Å²) in [5, 5.41) is 12.5. The Hall–Kier alpha value is -1.39. The normalized spacial score (nSPS) is 16.8. The Morgan fingerprint density at radius 2 is 2.00 bits per heavy atom. The van der Waals surface area contributed by atoms with Crippen LogP contribution in [0.1, 0.15) is 28.8 Å². The van der Waals surface area contributed by atoms with Crippen LogP contribution in [0.4, 0.5) is 0 Å². The van der Waals surface area contributed by atoms with E-state index in [-0.39, 0.29) is 12.0 Å². The van der Waals surface area contributed by atoms with E-state index in [1.54, 1.807) is 12.1 Å². The molecule has 0 heterocycles. The molecule has 17 heavy (non-hydrogen) atoms. The van der Waals surface area contributed by atoms with Crippen molar-refractivity contribution in [1.82, 2.24) is 5.32 Å². The zero-order chi connectivity index (χ0) is 12.3. The van der Waals surface area contributed by atoms with E-state index < -0.39 is 5.91 Å². The summed E-state index contributed by atoms with van der Waals surface area (Å²) in [6.45, 7) is 1.86. The second-order valence-corrected chi connectivity index (χ2v) is 4.82. The van der Waals surface area contributed by atoms with Gasteiger partial charge in [-0.15, -0.1) is 0 Å². The lowest BCUT2D eigenvalue weighted by atomic mass is 10.1. The molecule has 2 rings (SSSR count). The predicted molar refractivity (Wildman–Crippen MR) is 65.4 cm³/mol. The van der Waals surface area contributed by atoms with Gasteiger partial charge < -0.3 is 16.2 Å².